The zero-order valence-corrected chi connectivity index (χ0v) is 9.99. The molecule has 0 bridgehead atoms. The Bertz CT molecular complexity index is 487. The van der Waals surface area contributed by atoms with Crippen molar-refractivity contribution in [3.05, 3.63) is 42.5 Å². The predicted octanol–water partition coefficient (Wildman–Crippen LogP) is 2.62. The minimum Gasteiger partial charge on any atom is -0.353 e. The van der Waals surface area contributed by atoms with Crippen LogP contribution in [-0.2, 0) is 0 Å². The lowest BCUT2D eigenvalue weighted by Gasteiger charge is -2.04. The van der Waals surface area contributed by atoms with Crippen molar-refractivity contribution >= 4 is 18.6 Å². The summed E-state index contributed by atoms with van der Waals surface area (Å²) in [6.45, 7) is 0.711. The number of hydrogen-bond donors (Lipinski definition) is 2. The summed E-state index contributed by atoms with van der Waals surface area (Å²) in [7, 11) is 0. The summed E-state index contributed by atoms with van der Waals surface area (Å²) in [6.07, 6.45) is 3.34. The van der Waals surface area contributed by atoms with Gasteiger partial charge in [-0.1, -0.05) is 12.1 Å². The molecule has 1 aromatic heterocycles. The molecule has 0 aliphatic heterocycles. The van der Waals surface area contributed by atoms with Gasteiger partial charge in [-0.3, -0.25) is 0 Å². The van der Waals surface area contributed by atoms with Gasteiger partial charge in [0, 0.05) is 30.3 Å². The molecule has 0 amide bonds. The molecule has 2 aromatic rings. The fourth-order valence-electron chi connectivity index (χ4n) is 1.40. The Morgan fingerprint density at radius 2 is 1.94 bits per heavy atom. The molecular formula is C12H12FN3S. The molecule has 1 N–H and O–H groups in total. The Hall–Kier alpha value is -1.62. The number of benzene rings is 1. The monoisotopic (exact) mass is 249 g/mol. The van der Waals surface area contributed by atoms with Gasteiger partial charge in [-0.2, -0.15) is 12.6 Å². The van der Waals surface area contributed by atoms with E-state index in [1.807, 2.05) is 6.07 Å². The molecule has 0 atom stereocenters. The Morgan fingerprint density at radius 3 is 2.59 bits per heavy atom. The van der Waals surface area contributed by atoms with E-state index in [4.69, 9.17) is 0 Å². The second-order valence-electron chi connectivity index (χ2n) is 3.46. The summed E-state index contributed by atoms with van der Waals surface area (Å²) in [5.74, 6) is 1.01. The van der Waals surface area contributed by atoms with Crippen LogP contribution in [0.1, 0.15) is 0 Å². The molecule has 0 aliphatic carbocycles. The van der Waals surface area contributed by atoms with Gasteiger partial charge >= 0.3 is 0 Å². The van der Waals surface area contributed by atoms with Crippen molar-refractivity contribution in [3.8, 4) is 11.1 Å². The van der Waals surface area contributed by atoms with Crippen LogP contribution in [0.2, 0.25) is 0 Å². The van der Waals surface area contributed by atoms with E-state index in [1.54, 1.807) is 18.5 Å². The normalized spacial score (nSPS) is 10.2. The largest absolute Gasteiger partial charge is 0.353 e. The van der Waals surface area contributed by atoms with E-state index < -0.39 is 0 Å². The lowest BCUT2D eigenvalue weighted by molar-refractivity contribution is 0.628. The van der Waals surface area contributed by atoms with Crippen LogP contribution in [0, 0.1) is 5.82 Å². The van der Waals surface area contributed by atoms with Crippen LogP contribution in [0.3, 0.4) is 0 Å². The molecular weight excluding hydrogens is 237 g/mol. The summed E-state index contributed by atoms with van der Waals surface area (Å²) < 4.78 is 13.0. The highest BCUT2D eigenvalue weighted by Gasteiger charge is 2.01. The van der Waals surface area contributed by atoms with Crippen LogP contribution < -0.4 is 5.32 Å². The van der Waals surface area contributed by atoms with E-state index in [0.717, 1.165) is 16.9 Å². The predicted molar refractivity (Wildman–Crippen MR) is 69.8 cm³/mol. The minimum absolute atomic E-state index is 0.264. The maximum absolute atomic E-state index is 13.0. The van der Waals surface area contributed by atoms with Crippen molar-refractivity contribution in [2.24, 2.45) is 0 Å². The molecule has 88 valence electrons. The number of anilines is 1. The molecule has 0 aliphatic rings. The van der Waals surface area contributed by atoms with Gasteiger partial charge in [0.2, 0.25) is 5.95 Å². The maximum atomic E-state index is 13.0. The van der Waals surface area contributed by atoms with Crippen LogP contribution in [0.4, 0.5) is 10.3 Å². The number of halogens is 1. The van der Waals surface area contributed by atoms with Crippen LogP contribution in [0.25, 0.3) is 11.1 Å². The van der Waals surface area contributed by atoms with Gasteiger partial charge in [0.25, 0.3) is 0 Å². The van der Waals surface area contributed by atoms with Crippen molar-refractivity contribution in [1.29, 1.82) is 0 Å². The summed E-state index contributed by atoms with van der Waals surface area (Å²) in [6, 6.07) is 6.35. The topological polar surface area (TPSA) is 37.8 Å². The summed E-state index contributed by atoms with van der Waals surface area (Å²) in [5.41, 5.74) is 1.56. The third-order valence-corrected chi connectivity index (χ3v) is 2.43. The number of thiol groups is 1. The third kappa shape index (κ3) is 3.17. The zero-order chi connectivity index (χ0) is 12.1. The van der Waals surface area contributed by atoms with Gasteiger partial charge < -0.3 is 5.32 Å². The summed E-state index contributed by atoms with van der Waals surface area (Å²) in [5, 5.41) is 3.01. The molecule has 3 nitrogen and oxygen atoms in total. The first-order valence-electron chi connectivity index (χ1n) is 5.22. The number of nitrogens with one attached hydrogen (secondary N) is 1. The summed E-state index contributed by atoms with van der Waals surface area (Å²) >= 11 is 4.08. The van der Waals surface area contributed by atoms with Crippen LogP contribution >= 0.6 is 12.6 Å². The first kappa shape index (κ1) is 11.9. The van der Waals surface area contributed by atoms with E-state index in [1.165, 1.54) is 12.1 Å². The van der Waals surface area contributed by atoms with Crippen molar-refractivity contribution in [3.63, 3.8) is 0 Å². The van der Waals surface area contributed by atoms with E-state index in [9.17, 15) is 4.39 Å². The Kier molecular flexibility index (Phi) is 3.93. The Balaban J connectivity index is 2.17. The quantitative estimate of drug-likeness (QED) is 0.818. The van der Waals surface area contributed by atoms with Crippen LogP contribution in [-0.4, -0.2) is 22.3 Å². The van der Waals surface area contributed by atoms with Gasteiger partial charge in [0.15, 0.2) is 0 Å². The zero-order valence-electron chi connectivity index (χ0n) is 9.10. The molecule has 0 unspecified atom stereocenters. The van der Waals surface area contributed by atoms with E-state index in [-0.39, 0.29) is 5.82 Å². The average molecular weight is 249 g/mol. The highest BCUT2D eigenvalue weighted by molar-refractivity contribution is 7.80. The second-order valence-corrected chi connectivity index (χ2v) is 3.90. The molecule has 1 heterocycles. The van der Waals surface area contributed by atoms with Crippen molar-refractivity contribution in [2.45, 2.75) is 0 Å². The fourth-order valence-corrected chi connectivity index (χ4v) is 1.52. The molecule has 0 saturated carbocycles. The maximum Gasteiger partial charge on any atom is 0.222 e. The second kappa shape index (κ2) is 5.63. The molecule has 0 spiro atoms. The van der Waals surface area contributed by atoms with Gasteiger partial charge in [0.1, 0.15) is 5.82 Å². The van der Waals surface area contributed by atoms with Gasteiger partial charge in [-0.25, -0.2) is 14.4 Å². The average Bonchev–Trinajstić information content (AvgIpc) is 2.37. The molecule has 17 heavy (non-hydrogen) atoms. The molecule has 0 saturated heterocycles. The SMILES string of the molecule is Fc1cccc(-c2cnc(NCCS)nc2)c1. The van der Waals surface area contributed by atoms with Crippen molar-refractivity contribution in [2.75, 3.05) is 17.6 Å². The minimum atomic E-state index is -0.264. The molecule has 2 rings (SSSR count). The number of aromatic nitrogens is 2. The lowest BCUT2D eigenvalue weighted by atomic mass is 10.1. The standard InChI is InChI=1S/C12H12FN3S/c13-11-3-1-2-9(6-11)10-7-15-12(16-8-10)14-4-5-17/h1-3,6-8,17H,4-5H2,(H,14,15,16). The fraction of sp³-hybridized carbons (Fsp3) is 0.167. The van der Waals surface area contributed by atoms with Crippen molar-refractivity contribution < 1.29 is 4.39 Å². The Labute approximate surface area is 105 Å². The Morgan fingerprint density at radius 1 is 1.18 bits per heavy atom. The first-order valence-corrected chi connectivity index (χ1v) is 5.85. The highest BCUT2D eigenvalue weighted by Crippen LogP contribution is 2.18. The highest BCUT2D eigenvalue weighted by atomic mass is 32.1. The van der Waals surface area contributed by atoms with E-state index >= 15 is 0 Å². The van der Waals surface area contributed by atoms with Crippen LogP contribution in [0.5, 0.6) is 0 Å². The number of nitrogens with zero attached hydrogens (tertiary/aromatic N) is 2. The summed E-state index contributed by atoms with van der Waals surface area (Å²) in [4.78, 5) is 8.29. The first-order chi connectivity index (χ1) is 8.29. The third-order valence-electron chi connectivity index (χ3n) is 2.20. The smallest absolute Gasteiger partial charge is 0.222 e. The lowest BCUT2D eigenvalue weighted by Crippen LogP contribution is -2.05. The molecule has 0 fully saturated rings. The van der Waals surface area contributed by atoms with Crippen LogP contribution in [0.15, 0.2) is 36.7 Å². The number of hydrogen-bond acceptors (Lipinski definition) is 4. The van der Waals surface area contributed by atoms with E-state index in [2.05, 4.69) is 27.9 Å². The molecule has 5 heteroatoms. The number of rotatable bonds is 4. The van der Waals surface area contributed by atoms with E-state index in [0.29, 0.717) is 12.5 Å². The molecule has 0 radical (unpaired) electrons. The van der Waals surface area contributed by atoms with Gasteiger partial charge in [-0.05, 0) is 17.7 Å². The molecule has 1 aromatic carbocycles. The van der Waals surface area contributed by atoms with Gasteiger partial charge in [0.05, 0.1) is 0 Å². The van der Waals surface area contributed by atoms with Crippen molar-refractivity contribution in [1.82, 2.24) is 9.97 Å². The van der Waals surface area contributed by atoms with Gasteiger partial charge in [-0.15, -0.1) is 0 Å².